The zero-order valence-electron chi connectivity index (χ0n) is 11.4. The number of hydrogen-bond acceptors (Lipinski definition) is 3. The number of amides is 2. The monoisotopic (exact) mass is 287 g/mol. The molecule has 8 heteroatoms. The number of aromatic nitrogens is 2. The van der Waals surface area contributed by atoms with Crippen molar-refractivity contribution < 1.29 is 13.6 Å². The first kappa shape index (κ1) is 14.7. The van der Waals surface area contributed by atoms with E-state index in [1.165, 1.54) is 12.4 Å². The first-order chi connectivity index (χ1) is 9.52. The molecule has 0 unspecified atom stereocenters. The molecule has 0 bridgehead atoms. The van der Waals surface area contributed by atoms with Crippen molar-refractivity contribution in [2.75, 3.05) is 25.5 Å². The Morgan fingerprint density at radius 1 is 1.50 bits per heavy atom. The Kier molecular flexibility index (Phi) is 4.89. The number of alkyl halides is 2. The highest BCUT2D eigenvalue weighted by molar-refractivity contribution is 5.89. The van der Waals surface area contributed by atoms with E-state index < -0.39 is 13.0 Å². The molecule has 2 heterocycles. The molecule has 1 fully saturated rings. The van der Waals surface area contributed by atoms with Crippen LogP contribution in [0.1, 0.15) is 12.8 Å². The van der Waals surface area contributed by atoms with Gasteiger partial charge in [0.2, 0.25) is 0 Å². The number of carbonyl (C=O) groups excluding carboxylic acids is 1. The largest absolute Gasteiger partial charge is 0.335 e. The summed E-state index contributed by atoms with van der Waals surface area (Å²) in [6.45, 7) is 1.44. The number of carbonyl (C=O) groups is 1. The van der Waals surface area contributed by atoms with Gasteiger partial charge in [0.05, 0.1) is 11.9 Å². The third kappa shape index (κ3) is 4.44. The Bertz CT molecular complexity index is 443. The first-order valence-corrected chi connectivity index (χ1v) is 6.59. The molecule has 1 aromatic heterocycles. The molecule has 1 aliphatic heterocycles. The number of nitrogens with one attached hydrogen (secondary N) is 2. The average molecular weight is 287 g/mol. The fourth-order valence-electron chi connectivity index (χ4n) is 2.17. The number of hydrogen-bond donors (Lipinski definition) is 2. The van der Waals surface area contributed by atoms with Crippen LogP contribution in [0, 0.1) is 0 Å². The summed E-state index contributed by atoms with van der Waals surface area (Å²) in [6.07, 6.45) is 2.11. The number of piperidine rings is 1. The van der Waals surface area contributed by atoms with Crippen molar-refractivity contribution in [2.24, 2.45) is 0 Å². The summed E-state index contributed by atoms with van der Waals surface area (Å²) in [4.78, 5) is 14.0. The van der Waals surface area contributed by atoms with Gasteiger partial charge in [-0.3, -0.25) is 4.68 Å². The normalized spacial score (nSPS) is 17.4. The van der Waals surface area contributed by atoms with Crippen molar-refractivity contribution in [2.45, 2.75) is 31.9 Å². The number of nitrogens with zero attached hydrogens (tertiary/aromatic N) is 3. The van der Waals surface area contributed by atoms with Gasteiger partial charge in [-0.2, -0.15) is 5.10 Å². The summed E-state index contributed by atoms with van der Waals surface area (Å²) in [5, 5.41) is 9.23. The molecule has 0 aliphatic carbocycles. The Balaban J connectivity index is 1.78. The number of urea groups is 1. The molecule has 2 rings (SSSR count). The summed E-state index contributed by atoms with van der Waals surface area (Å²) in [6, 6.07) is -0.168. The zero-order valence-corrected chi connectivity index (χ0v) is 11.4. The van der Waals surface area contributed by atoms with Gasteiger partial charge in [0.15, 0.2) is 0 Å². The molecule has 0 saturated carbocycles. The van der Waals surface area contributed by atoms with E-state index in [1.54, 1.807) is 0 Å². The molecule has 0 atom stereocenters. The van der Waals surface area contributed by atoms with Gasteiger partial charge >= 0.3 is 6.03 Å². The van der Waals surface area contributed by atoms with Gasteiger partial charge in [-0.1, -0.05) is 0 Å². The van der Waals surface area contributed by atoms with Gasteiger partial charge in [0.1, 0.15) is 6.54 Å². The fourth-order valence-corrected chi connectivity index (χ4v) is 2.17. The SMILES string of the molecule is CN1CCC(NC(=O)Nc2cnn(CC(F)F)c2)CC1. The third-order valence-electron chi connectivity index (χ3n) is 3.27. The number of rotatable bonds is 4. The van der Waals surface area contributed by atoms with E-state index in [-0.39, 0.29) is 12.1 Å². The summed E-state index contributed by atoms with van der Waals surface area (Å²) in [5.74, 6) is 0. The molecule has 1 aromatic rings. The maximum absolute atomic E-state index is 12.2. The lowest BCUT2D eigenvalue weighted by molar-refractivity contribution is 0.122. The standard InChI is InChI=1S/C12H19F2N5O/c1-18-4-2-9(3-5-18)16-12(20)17-10-6-15-19(7-10)8-11(13)14/h6-7,9,11H,2-5,8H2,1H3,(H2,16,17,20). The van der Waals surface area contributed by atoms with E-state index in [0.717, 1.165) is 30.6 Å². The fraction of sp³-hybridized carbons (Fsp3) is 0.667. The molecular formula is C12H19F2N5O. The molecule has 1 saturated heterocycles. The molecule has 6 nitrogen and oxygen atoms in total. The van der Waals surface area contributed by atoms with Crippen molar-refractivity contribution >= 4 is 11.7 Å². The first-order valence-electron chi connectivity index (χ1n) is 6.59. The van der Waals surface area contributed by atoms with Crippen molar-refractivity contribution in [1.29, 1.82) is 0 Å². The van der Waals surface area contributed by atoms with E-state index in [9.17, 15) is 13.6 Å². The lowest BCUT2D eigenvalue weighted by Gasteiger charge is -2.29. The minimum atomic E-state index is -2.46. The van der Waals surface area contributed by atoms with Gasteiger partial charge < -0.3 is 15.5 Å². The van der Waals surface area contributed by atoms with Crippen LogP contribution in [0.5, 0.6) is 0 Å². The highest BCUT2D eigenvalue weighted by Crippen LogP contribution is 2.10. The van der Waals surface area contributed by atoms with Crippen molar-refractivity contribution in [3.63, 3.8) is 0 Å². The highest BCUT2D eigenvalue weighted by atomic mass is 19.3. The number of likely N-dealkylation sites (tertiary alicyclic amines) is 1. The Labute approximate surface area is 116 Å². The summed E-state index contributed by atoms with van der Waals surface area (Å²) >= 11 is 0. The molecule has 20 heavy (non-hydrogen) atoms. The number of anilines is 1. The lowest BCUT2D eigenvalue weighted by atomic mass is 10.1. The molecule has 1 aliphatic rings. The van der Waals surface area contributed by atoms with Crippen LogP contribution >= 0.6 is 0 Å². The zero-order chi connectivity index (χ0) is 14.5. The third-order valence-corrected chi connectivity index (χ3v) is 3.27. The lowest BCUT2D eigenvalue weighted by Crippen LogP contribution is -2.44. The van der Waals surface area contributed by atoms with Gasteiger partial charge in [0.25, 0.3) is 6.43 Å². The van der Waals surface area contributed by atoms with Crippen molar-refractivity contribution in [1.82, 2.24) is 20.0 Å². The van der Waals surface area contributed by atoms with Crippen LogP contribution < -0.4 is 10.6 Å². The molecule has 2 amide bonds. The smallest absolute Gasteiger partial charge is 0.319 e. The van der Waals surface area contributed by atoms with Gasteiger partial charge in [-0.15, -0.1) is 0 Å². The maximum atomic E-state index is 12.2. The summed E-state index contributed by atoms with van der Waals surface area (Å²) < 4.78 is 25.4. The second-order valence-electron chi connectivity index (χ2n) is 5.02. The molecule has 112 valence electrons. The quantitative estimate of drug-likeness (QED) is 0.879. The second-order valence-corrected chi connectivity index (χ2v) is 5.02. The van der Waals surface area contributed by atoms with Gasteiger partial charge in [-0.05, 0) is 33.0 Å². The van der Waals surface area contributed by atoms with Crippen LogP contribution in [-0.2, 0) is 6.54 Å². The van der Waals surface area contributed by atoms with Crippen LogP contribution in [0.25, 0.3) is 0 Å². The van der Waals surface area contributed by atoms with Gasteiger partial charge in [0, 0.05) is 12.2 Å². The van der Waals surface area contributed by atoms with E-state index >= 15 is 0 Å². The van der Waals surface area contributed by atoms with Crippen molar-refractivity contribution in [3.8, 4) is 0 Å². The van der Waals surface area contributed by atoms with Crippen LogP contribution in [-0.4, -0.2) is 53.3 Å². The average Bonchev–Trinajstić information content (AvgIpc) is 2.78. The molecule has 0 spiro atoms. The van der Waals surface area contributed by atoms with E-state index in [2.05, 4.69) is 20.6 Å². The van der Waals surface area contributed by atoms with Crippen molar-refractivity contribution in [3.05, 3.63) is 12.4 Å². The Morgan fingerprint density at radius 2 is 2.20 bits per heavy atom. The second kappa shape index (κ2) is 6.65. The van der Waals surface area contributed by atoms with E-state index in [4.69, 9.17) is 0 Å². The van der Waals surface area contributed by atoms with Crippen LogP contribution in [0.3, 0.4) is 0 Å². The Morgan fingerprint density at radius 3 is 2.85 bits per heavy atom. The Hall–Kier alpha value is -1.70. The predicted octanol–water partition coefficient (Wildman–Crippen LogP) is 1.36. The van der Waals surface area contributed by atoms with Gasteiger partial charge in [-0.25, -0.2) is 13.6 Å². The summed E-state index contributed by atoms with van der Waals surface area (Å²) in [5.41, 5.74) is 0.413. The van der Waals surface area contributed by atoms with Crippen LogP contribution in [0.2, 0.25) is 0 Å². The topological polar surface area (TPSA) is 62.2 Å². The molecule has 0 aromatic carbocycles. The summed E-state index contributed by atoms with van der Waals surface area (Å²) in [7, 11) is 2.05. The predicted molar refractivity (Wildman–Crippen MR) is 70.9 cm³/mol. The molecule has 0 radical (unpaired) electrons. The molecular weight excluding hydrogens is 268 g/mol. The van der Waals surface area contributed by atoms with Crippen LogP contribution in [0.4, 0.5) is 19.3 Å². The molecule has 2 N–H and O–H groups in total. The minimum absolute atomic E-state index is 0.155. The van der Waals surface area contributed by atoms with E-state index in [1.807, 2.05) is 7.05 Å². The maximum Gasteiger partial charge on any atom is 0.319 e. The van der Waals surface area contributed by atoms with E-state index in [0.29, 0.717) is 5.69 Å². The minimum Gasteiger partial charge on any atom is -0.335 e. The number of halogens is 2. The van der Waals surface area contributed by atoms with Crippen LogP contribution in [0.15, 0.2) is 12.4 Å². The highest BCUT2D eigenvalue weighted by Gasteiger charge is 2.18.